The van der Waals surface area contributed by atoms with Crippen molar-refractivity contribution in [1.29, 1.82) is 0 Å². The Morgan fingerprint density at radius 1 is 1.22 bits per heavy atom. The molecule has 2 aliphatic rings. The van der Waals surface area contributed by atoms with Gasteiger partial charge >= 0.3 is 0 Å². The molecule has 0 aliphatic carbocycles. The van der Waals surface area contributed by atoms with E-state index in [0.29, 0.717) is 5.92 Å². The second kappa shape index (κ2) is 5.29. The van der Waals surface area contributed by atoms with Crippen LogP contribution in [0.4, 0.5) is 0 Å². The topological polar surface area (TPSA) is 44.5 Å². The van der Waals surface area contributed by atoms with E-state index in [4.69, 9.17) is 15.2 Å². The second-order valence-electron chi connectivity index (χ2n) is 5.32. The third-order valence-corrected chi connectivity index (χ3v) is 4.08. The maximum absolute atomic E-state index is 6.30. The van der Waals surface area contributed by atoms with Crippen LogP contribution in [0.1, 0.15) is 37.2 Å². The Kier molecular flexibility index (Phi) is 3.52. The number of rotatable bonds is 3. The van der Waals surface area contributed by atoms with Crippen LogP contribution in [-0.2, 0) is 4.74 Å². The number of hydrogen-bond acceptors (Lipinski definition) is 3. The maximum Gasteiger partial charge on any atom is 0.122 e. The molecule has 98 valence electrons. The zero-order valence-electron chi connectivity index (χ0n) is 10.7. The van der Waals surface area contributed by atoms with Gasteiger partial charge in [0, 0.05) is 12.6 Å². The molecule has 1 aromatic carbocycles. The van der Waals surface area contributed by atoms with Crippen molar-refractivity contribution in [2.45, 2.75) is 43.7 Å². The fraction of sp³-hybridized carbons (Fsp3) is 0.600. The quantitative estimate of drug-likeness (QED) is 0.892. The van der Waals surface area contributed by atoms with Crippen LogP contribution in [-0.4, -0.2) is 25.4 Å². The lowest BCUT2D eigenvalue weighted by Crippen LogP contribution is -2.36. The van der Waals surface area contributed by atoms with E-state index >= 15 is 0 Å². The molecule has 0 amide bonds. The summed E-state index contributed by atoms with van der Waals surface area (Å²) in [5.74, 6) is 1.56. The van der Waals surface area contributed by atoms with E-state index in [-0.39, 0.29) is 12.1 Å². The molecule has 0 saturated carbocycles. The number of ether oxygens (including phenoxy) is 2. The normalized spacial score (nSPS) is 28.5. The summed E-state index contributed by atoms with van der Waals surface area (Å²) in [4.78, 5) is 0. The van der Waals surface area contributed by atoms with Crippen LogP contribution in [0.15, 0.2) is 24.3 Å². The minimum absolute atomic E-state index is 0.156. The number of hydrogen-bond donors (Lipinski definition) is 1. The molecule has 18 heavy (non-hydrogen) atoms. The first kappa shape index (κ1) is 12.0. The van der Waals surface area contributed by atoms with Crippen LogP contribution in [0.5, 0.6) is 5.75 Å². The summed E-state index contributed by atoms with van der Waals surface area (Å²) < 4.78 is 11.4. The standard InChI is InChI=1S/C15H21NO2/c16-13(15-6-3-8-17-15)10-11-7-9-18-14-5-2-1-4-12(11)14/h1-2,4-5,11,13,15H,3,6-10,16H2. The molecule has 2 N–H and O–H groups in total. The first-order valence-electron chi connectivity index (χ1n) is 6.93. The van der Waals surface area contributed by atoms with Crippen molar-refractivity contribution in [3.8, 4) is 5.75 Å². The summed E-state index contributed by atoms with van der Waals surface area (Å²) in [7, 11) is 0. The van der Waals surface area contributed by atoms with Crippen LogP contribution >= 0.6 is 0 Å². The lowest BCUT2D eigenvalue weighted by molar-refractivity contribution is 0.0835. The summed E-state index contributed by atoms with van der Waals surface area (Å²) in [6.45, 7) is 1.68. The fourth-order valence-corrected chi connectivity index (χ4v) is 3.08. The Labute approximate surface area is 108 Å². The van der Waals surface area contributed by atoms with Gasteiger partial charge in [-0.1, -0.05) is 18.2 Å². The van der Waals surface area contributed by atoms with Gasteiger partial charge in [-0.15, -0.1) is 0 Å². The van der Waals surface area contributed by atoms with Crippen molar-refractivity contribution in [2.75, 3.05) is 13.2 Å². The lowest BCUT2D eigenvalue weighted by Gasteiger charge is -2.29. The van der Waals surface area contributed by atoms with Gasteiger partial charge in [0.05, 0.1) is 12.7 Å². The Morgan fingerprint density at radius 3 is 2.94 bits per heavy atom. The van der Waals surface area contributed by atoms with Crippen molar-refractivity contribution in [3.05, 3.63) is 29.8 Å². The van der Waals surface area contributed by atoms with Gasteiger partial charge in [-0.05, 0) is 43.2 Å². The molecule has 0 spiro atoms. The molecule has 3 nitrogen and oxygen atoms in total. The largest absolute Gasteiger partial charge is 0.493 e. The number of benzene rings is 1. The lowest BCUT2D eigenvalue weighted by atomic mass is 9.86. The van der Waals surface area contributed by atoms with Gasteiger partial charge in [0.1, 0.15) is 5.75 Å². The van der Waals surface area contributed by atoms with Gasteiger partial charge in [0.15, 0.2) is 0 Å². The highest BCUT2D eigenvalue weighted by Gasteiger charge is 2.28. The van der Waals surface area contributed by atoms with E-state index < -0.39 is 0 Å². The van der Waals surface area contributed by atoms with Gasteiger partial charge in [-0.25, -0.2) is 0 Å². The summed E-state index contributed by atoms with van der Waals surface area (Å²) in [5.41, 5.74) is 7.62. The number of nitrogens with two attached hydrogens (primary N) is 1. The average Bonchev–Trinajstić information content (AvgIpc) is 2.93. The van der Waals surface area contributed by atoms with Crippen molar-refractivity contribution in [3.63, 3.8) is 0 Å². The fourth-order valence-electron chi connectivity index (χ4n) is 3.08. The Morgan fingerprint density at radius 2 is 2.11 bits per heavy atom. The molecule has 0 bridgehead atoms. The molecule has 3 unspecified atom stereocenters. The van der Waals surface area contributed by atoms with Crippen LogP contribution in [0.25, 0.3) is 0 Å². The van der Waals surface area contributed by atoms with Gasteiger partial charge in [-0.3, -0.25) is 0 Å². The summed E-state index contributed by atoms with van der Waals surface area (Å²) in [6.07, 6.45) is 4.61. The molecule has 1 fully saturated rings. The van der Waals surface area contributed by atoms with E-state index in [2.05, 4.69) is 18.2 Å². The Balaban J connectivity index is 1.70. The smallest absolute Gasteiger partial charge is 0.122 e. The Hall–Kier alpha value is -1.06. The van der Waals surface area contributed by atoms with Crippen LogP contribution in [0, 0.1) is 0 Å². The predicted molar refractivity (Wildman–Crippen MR) is 70.9 cm³/mol. The molecule has 3 heteroatoms. The van der Waals surface area contributed by atoms with Crippen molar-refractivity contribution in [1.82, 2.24) is 0 Å². The molecule has 2 heterocycles. The van der Waals surface area contributed by atoms with E-state index in [0.717, 1.165) is 44.6 Å². The zero-order valence-corrected chi connectivity index (χ0v) is 10.7. The molecule has 3 rings (SSSR count). The molecule has 2 aliphatic heterocycles. The molecule has 1 saturated heterocycles. The van der Waals surface area contributed by atoms with E-state index in [1.165, 1.54) is 5.56 Å². The molecule has 3 atom stereocenters. The first-order chi connectivity index (χ1) is 8.84. The van der Waals surface area contributed by atoms with E-state index in [9.17, 15) is 0 Å². The zero-order chi connectivity index (χ0) is 12.4. The van der Waals surface area contributed by atoms with Crippen molar-refractivity contribution < 1.29 is 9.47 Å². The predicted octanol–water partition coefficient (Wildman–Crippen LogP) is 2.45. The summed E-state index contributed by atoms with van der Waals surface area (Å²) >= 11 is 0. The minimum Gasteiger partial charge on any atom is -0.493 e. The molecular formula is C15H21NO2. The molecular weight excluding hydrogens is 226 g/mol. The summed E-state index contributed by atoms with van der Waals surface area (Å²) in [5, 5.41) is 0. The highest BCUT2D eigenvalue weighted by atomic mass is 16.5. The molecule has 1 aromatic rings. The van der Waals surface area contributed by atoms with Gasteiger partial charge in [0.25, 0.3) is 0 Å². The third kappa shape index (κ3) is 2.38. The highest BCUT2D eigenvalue weighted by Crippen LogP contribution is 2.36. The number of fused-ring (bicyclic) bond motifs is 1. The first-order valence-corrected chi connectivity index (χ1v) is 6.93. The van der Waals surface area contributed by atoms with Gasteiger partial charge < -0.3 is 15.2 Å². The second-order valence-corrected chi connectivity index (χ2v) is 5.32. The van der Waals surface area contributed by atoms with E-state index in [1.807, 2.05) is 6.07 Å². The number of para-hydroxylation sites is 1. The average molecular weight is 247 g/mol. The van der Waals surface area contributed by atoms with Crippen LogP contribution < -0.4 is 10.5 Å². The Bertz CT molecular complexity index is 401. The van der Waals surface area contributed by atoms with Gasteiger partial charge in [0.2, 0.25) is 0 Å². The SMILES string of the molecule is NC(CC1CCOc2ccccc21)C1CCCO1. The summed E-state index contributed by atoms with van der Waals surface area (Å²) in [6, 6.07) is 8.49. The highest BCUT2D eigenvalue weighted by molar-refractivity contribution is 5.37. The van der Waals surface area contributed by atoms with E-state index in [1.54, 1.807) is 0 Å². The molecule has 0 aromatic heterocycles. The maximum atomic E-state index is 6.30. The van der Waals surface area contributed by atoms with Gasteiger partial charge in [-0.2, -0.15) is 0 Å². The third-order valence-electron chi connectivity index (χ3n) is 4.08. The van der Waals surface area contributed by atoms with Crippen molar-refractivity contribution in [2.24, 2.45) is 5.73 Å². The van der Waals surface area contributed by atoms with Crippen molar-refractivity contribution >= 4 is 0 Å². The molecule has 0 radical (unpaired) electrons. The van der Waals surface area contributed by atoms with Crippen LogP contribution in [0.3, 0.4) is 0 Å². The van der Waals surface area contributed by atoms with Crippen LogP contribution in [0.2, 0.25) is 0 Å². The monoisotopic (exact) mass is 247 g/mol. The minimum atomic E-state index is 0.156.